The normalized spacial score (nSPS) is 13.2. The molecule has 0 heterocycles. The van der Waals surface area contributed by atoms with Crippen LogP contribution in [0.2, 0.25) is 0 Å². The Labute approximate surface area is 142 Å². The third kappa shape index (κ3) is 4.57. The molecule has 0 bridgehead atoms. The van der Waals surface area contributed by atoms with Gasteiger partial charge in [-0.25, -0.2) is 0 Å². The summed E-state index contributed by atoms with van der Waals surface area (Å²) in [5.74, 6) is 0.418. The highest BCUT2D eigenvalue weighted by Crippen LogP contribution is 2.25. The van der Waals surface area contributed by atoms with Gasteiger partial charge in [0, 0.05) is 5.69 Å². The fraction of sp³-hybridized carbons (Fsp3) is 0.316. The number of nitrogens with two attached hydrogens (primary N) is 1. The van der Waals surface area contributed by atoms with E-state index in [2.05, 4.69) is 12.2 Å². The molecule has 1 amide bonds. The third-order valence-corrected chi connectivity index (χ3v) is 3.63. The Morgan fingerprint density at radius 1 is 1.21 bits per heavy atom. The van der Waals surface area contributed by atoms with Crippen LogP contribution in [0, 0.1) is 0 Å². The van der Waals surface area contributed by atoms with Crippen LogP contribution in [0.4, 0.5) is 5.69 Å². The summed E-state index contributed by atoms with van der Waals surface area (Å²) in [5, 5.41) is 11.8. The summed E-state index contributed by atoms with van der Waals surface area (Å²) in [7, 11) is 0. The minimum Gasteiger partial charge on any atom is -0.494 e. The Morgan fingerprint density at radius 3 is 2.54 bits per heavy atom. The molecule has 5 nitrogen and oxygen atoms in total. The predicted molar refractivity (Wildman–Crippen MR) is 96.0 cm³/mol. The molecule has 0 fully saturated rings. The van der Waals surface area contributed by atoms with Crippen LogP contribution >= 0.6 is 0 Å². The van der Waals surface area contributed by atoms with Crippen molar-refractivity contribution in [1.29, 1.82) is 0 Å². The van der Waals surface area contributed by atoms with Crippen molar-refractivity contribution in [2.24, 2.45) is 5.73 Å². The van der Waals surface area contributed by atoms with Crippen molar-refractivity contribution < 1.29 is 14.6 Å². The Bertz CT molecular complexity index is 681. The smallest absolute Gasteiger partial charge is 0.246 e. The lowest BCUT2D eigenvalue weighted by atomic mass is 10.0. The second kappa shape index (κ2) is 7.95. The molecular weight excluding hydrogens is 304 g/mol. The summed E-state index contributed by atoms with van der Waals surface area (Å²) in [4.78, 5) is 12.0. The number of hydrogen-bond acceptors (Lipinski definition) is 4. The van der Waals surface area contributed by atoms with Crippen molar-refractivity contribution in [1.82, 2.24) is 0 Å². The van der Waals surface area contributed by atoms with Gasteiger partial charge in [-0.3, -0.25) is 4.79 Å². The van der Waals surface area contributed by atoms with E-state index in [0.29, 0.717) is 12.3 Å². The molecule has 0 aromatic heterocycles. The van der Waals surface area contributed by atoms with E-state index in [1.807, 2.05) is 36.4 Å². The van der Waals surface area contributed by atoms with Crippen LogP contribution in [0.5, 0.6) is 5.75 Å². The second-order valence-electron chi connectivity index (χ2n) is 5.98. The maximum absolute atomic E-state index is 12.0. The Kier molecular flexibility index (Phi) is 5.95. The highest BCUT2D eigenvalue weighted by molar-refractivity contribution is 5.97. The highest BCUT2D eigenvalue weighted by atomic mass is 16.5. The number of aliphatic hydroxyl groups excluding tert-OH is 1. The van der Waals surface area contributed by atoms with Crippen molar-refractivity contribution in [3.05, 3.63) is 48.5 Å². The van der Waals surface area contributed by atoms with Crippen LogP contribution < -0.4 is 15.8 Å². The van der Waals surface area contributed by atoms with Gasteiger partial charge in [-0.2, -0.15) is 0 Å². The molecule has 0 aliphatic carbocycles. The SMILES string of the molecule is CCCOc1cccc(-c2ccc(NC(=O)[C@@](C)(N)CO)cc2)c1. The zero-order chi connectivity index (χ0) is 17.6. The van der Waals surface area contributed by atoms with Gasteiger partial charge in [0.1, 0.15) is 11.3 Å². The van der Waals surface area contributed by atoms with Crippen molar-refractivity contribution >= 4 is 11.6 Å². The number of ether oxygens (including phenoxy) is 1. The minimum absolute atomic E-state index is 0.415. The lowest BCUT2D eigenvalue weighted by Gasteiger charge is -2.20. The first-order valence-corrected chi connectivity index (χ1v) is 8.01. The van der Waals surface area contributed by atoms with Gasteiger partial charge in [-0.1, -0.05) is 31.2 Å². The van der Waals surface area contributed by atoms with Crippen molar-refractivity contribution in [3.8, 4) is 16.9 Å². The molecule has 128 valence electrons. The molecule has 4 N–H and O–H groups in total. The van der Waals surface area contributed by atoms with Gasteiger partial charge < -0.3 is 20.9 Å². The molecule has 0 saturated heterocycles. The largest absolute Gasteiger partial charge is 0.494 e. The quantitative estimate of drug-likeness (QED) is 0.729. The van der Waals surface area contributed by atoms with Crippen LogP contribution in [0.1, 0.15) is 20.3 Å². The van der Waals surface area contributed by atoms with Gasteiger partial charge in [0.05, 0.1) is 13.2 Å². The number of anilines is 1. The molecule has 2 aromatic rings. The van der Waals surface area contributed by atoms with E-state index in [9.17, 15) is 4.79 Å². The van der Waals surface area contributed by atoms with E-state index in [1.54, 1.807) is 12.1 Å². The predicted octanol–water partition coefficient (Wildman–Crippen LogP) is 2.79. The summed E-state index contributed by atoms with van der Waals surface area (Å²) in [6.07, 6.45) is 0.965. The topological polar surface area (TPSA) is 84.6 Å². The molecule has 0 aliphatic heterocycles. The molecule has 24 heavy (non-hydrogen) atoms. The van der Waals surface area contributed by atoms with Crippen molar-refractivity contribution in [2.45, 2.75) is 25.8 Å². The molecule has 0 aliphatic rings. The van der Waals surface area contributed by atoms with Crippen LogP contribution in [0.3, 0.4) is 0 Å². The number of amides is 1. The number of carbonyl (C=O) groups is 1. The first kappa shape index (κ1) is 18.0. The number of carbonyl (C=O) groups excluding carboxylic acids is 1. The van der Waals surface area contributed by atoms with E-state index in [1.165, 1.54) is 6.92 Å². The average Bonchev–Trinajstić information content (AvgIpc) is 2.60. The Morgan fingerprint density at radius 2 is 1.92 bits per heavy atom. The molecule has 2 aromatic carbocycles. The van der Waals surface area contributed by atoms with Crippen LogP contribution in [-0.2, 0) is 4.79 Å². The molecule has 1 atom stereocenters. The molecule has 0 radical (unpaired) electrons. The van der Waals surface area contributed by atoms with Gasteiger partial charge >= 0.3 is 0 Å². The van der Waals surface area contributed by atoms with Crippen LogP contribution in [-0.4, -0.2) is 29.8 Å². The van der Waals surface area contributed by atoms with E-state index >= 15 is 0 Å². The summed E-state index contributed by atoms with van der Waals surface area (Å²) < 4.78 is 5.65. The van der Waals surface area contributed by atoms with Crippen molar-refractivity contribution in [3.63, 3.8) is 0 Å². The number of benzene rings is 2. The van der Waals surface area contributed by atoms with Gasteiger partial charge in [0.25, 0.3) is 0 Å². The second-order valence-corrected chi connectivity index (χ2v) is 5.98. The lowest BCUT2D eigenvalue weighted by Crippen LogP contribution is -2.51. The van der Waals surface area contributed by atoms with Crippen LogP contribution in [0.25, 0.3) is 11.1 Å². The fourth-order valence-corrected chi connectivity index (χ4v) is 2.08. The van der Waals surface area contributed by atoms with Crippen molar-refractivity contribution in [2.75, 3.05) is 18.5 Å². The fourth-order valence-electron chi connectivity index (χ4n) is 2.08. The van der Waals surface area contributed by atoms with Gasteiger partial charge in [0.15, 0.2) is 0 Å². The third-order valence-electron chi connectivity index (χ3n) is 3.63. The number of aliphatic hydroxyl groups is 1. The molecule has 5 heteroatoms. The molecule has 0 spiro atoms. The first-order valence-electron chi connectivity index (χ1n) is 8.01. The highest BCUT2D eigenvalue weighted by Gasteiger charge is 2.27. The van der Waals surface area contributed by atoms with E-state index in [0.717, 1.165) is 23.3 Å². The summed E-state index contributed by atoms with van der Waals surface area (Å²) in [6, 6.07) is 15.3. The molecule has 0 saturated carbocycles. The Balaban J connectivity index is 2.11. The van der Waals surface area contributed by atoms with Gasteiger partial charge in [0.2, 0.25) is 5.91 Å². The first-order chi connectivity index (χ1) is 11.5. The van der Waals surface area contributed by atoms with E-state index in [-0.39, 0.29) is 0 Å². The molecule has 2 rings (SSSR count). The lowest BCUT2D eigenvalue weighted by molar-refractivity contribution is -0.121. The monoisotopic (exact) mass is 328 g/mol. The maximum Gasteiger partial charge on any atom is 0.246 e. The zero-order valence-electron chi connectivity index (χ0n) is 14.1. The standard InChI is InChI=1S/C19H24N2O3/c1-3-11-24-17-6-4-5-15(12-17)14-7-9-16(10-8-14)21-18(23)19(2,20)13-22/h4-10,12,22H,3,11,13,20H2,1-2H3,(H,21,23)/t19-/m0/s1. The summed E-state index contributed by atoms with van der Waals surface area (Å²) >= 11 is 0. The summed E-state index contributed by atoms with van der Waals surface area (Å²) in [5.41, 5.74) is 7.10. The Hall–Kier alpha value is -2.37. The maximum atomic E-state index is 12.0. The van der Waals surface area contributed by atoms with Crippen LogP contribution in [0.15, 0.2) is 48.5 Å². The molecule has 0 unspecified atom stereocenters. The van der Waals surface area contributed by atoms with E-state index < -0.39 is 18.1 Å². The van der Waals surface area contributed by atoms with Gasteiger partial charge in [-0.15, -0.1) is 0 Å². The number of nitrogens with one attached hydrogen (secondary N) is 1. The average molecular weight is 328 g/mol. The molecular formula is C19H24N2O3. The van der Waals surface area contributed by atoms with E-state index in [4.69, 9.17) is 15.6 Å². The minimum atomic E-state index is -1.30. The van der Waals surface area contributed by atoms with Gasteiger partial charge in [-0.05, 0) is 48.7 Å². The number of hydrogen-bond donors (Lipinski definition) is 3. The zero-order valence-corrected chi connectivity index (χ0v) is 14.1. The summed E-state index contributed by atoms with van der Waals surface area (Å²) in [6.45, 7) is 3.83. The number of rotatable bonds is 7.